The van der Waals surface area contributed by atoms with Gasteiger partial charge in [0.1, 0.15) is 24.4 Å². The molecule has 0 rings (SSSR count). The summed E-state index contributed by atoms with van der Waals surface area (Å²) in [7, 11) is 0. The van der Waals surface area contributed by atoms with Crippen LogP contribution in [0.1, 0.15) is 81.1 Å². The maximum absolute atomic E-state index is 4.71. The van der Waals surface area contributed by atoms with Crippen LogP contribution in [0.25, 0.3) is 0 Å². The summed E-state index contributed by atoms with van der Waals surface area (Å²) >= 11 is 35.4. The summed E-state index contributed by atoms with van der Waals surface area (Å²) in [4.78, 5) is 36.6. The van der Waals surface area contributed by atoms with Gasteiger partial charge in [-0.3, -0.25) is 0 Å². The Balaban J connectivity index is -0.000000122. The molecule has 0 fully saturated rings. The van der Waals surface area contributed by atoms with Gasteiger partial charge in [0.05, 0.1) is 17.5 Å². The summed E-state index contributed by atoms with van der Waals surface area (Å²) < 4.78 is 0.0381. The molecular formula is C20H36MoO8S8. The van der Waals surface area contributed by atoms with Gasteiger partial charge in [0.15, 0.2) is 0 Å². The maximum atomic E-state index is 4.71. The standard InChI is InChI=1S/4C5H10O2S2.Mo/c4*1-3-4(2)6-7-5(8)9;/h4*4H,3H2,1-2H3,(H,8,9);/q;;;;+4/p-4. The first-order valence-corrected chi connectivity index (χ1v) is 14.1. The van der Waals surface area contributed by atoms with Crippen molar-refractivity contribution in [2.45, 2.75) is 105 Å². The molecule has 4 atom stereocenters. The normalized spacial score (nSPS) is 12.3. The number of hydrogen-bond donors (Lipinski definition) is 0. The molecule has 0 aliphatic heterocycles. The maximum Gasteiger partial charge on any atom is 4.00 e. The van der Waals surface area contributed by atoms with Crippen LogP contribution in [0.5, 0.6) is 0 Å². The molecule has 0 aromatic carbocycles. The van der Waals surface area contributed by atoms with E-state index in [0.717, 1.165) is 25.7 Å². The van der Waals surface area contributed by atoms with Gasteiger partial charge in [-0.1, -0.05) is 27.7 Å². The molecule has 0 N–H and O–H groups in total. The van der Waals surface area contributed by atoms with Crippen molar-refractivity contribution < 1.29 is 60.2 Å². The molecular weight excluding hydrogens is 721 g/mol. The van der Waals surface area contributed by atoms with Crippen LogP contribution in [0.3, 0.4) is 0 Å². The average molecular weight is 757 g/mol. The molecule has 17 heteroatoms. The summed E-state index contributed by atoms with van der Waals surface area (Å²) in [6.45, 7) is 15.5. The van der Waals surface area contributed by atoms with E-state index in [4.69, 9.17) is 19.6 Å². The van der Waals surface area contributed by atoms with E-state index in [0.29, 0.717) is 0 Å². The Morgan fingerprint density at radius 2 is 0.595 bits per heavy atom. The van der Waals surface area contributed by atoms with Crippen molar-refractivity contribution >= 4 is 117 Å². The van der Waals surface area contributed by atoms with Crippen LogP contribution in [0, 0.1) is 0 Å². The smallest absolute Gasteiger partial charge is 0.387 e. The minimum Gasteiger partial charge on any atom is -0.387 e. The van der Waals surface area contributed by atoms with Crippen molar-refractivity contribution in [3.05, 3.63) is 0 Å². The van der Waals surface area contributed by atoms with E-state index >= 15 is 0 Å². The van der Waals surface area contributed by atoms with E-state index in [1.807, 2.05) is 55.4 Å². The zero-order valence-corrected chi connectivity index (χ0v) is 30.6. The molecule has 0 aromatic heterocycles. The first-order chi connectivity index (χ1) is 16.7. The molecule has 218 valence electrons. The predicted octanol–water partition coefficient (Wildman–Crippen LogP) is 6.26. The molecule has 0 saturated heterocycles. The number of rotatable bonds is 12. The van der Waals surface area contributed by atoms with Crippen LogP contribution in [0.15, 0.2) is 0 Å². The van der Waals surface area contributed by atoms with Gasteiger partial charge in [-0.05, 0) is 53.4 Å². The Bertz CT molecular complexity index is 482. The SMILES string of the molecule is CCC(C)OOC(=S)[S-].CCC(C)OOC(=S)[S-].CCC(C)OOC(=S)[S-].CCC(C)OOC(=S)[S-].[Mo+4]. The van der Waals surface area contributed by atoms with E-state index in [1.165, 1.54) is 0 Å². The molecule has 0 radical (unpaired) electrons. The van der Waals surface area contributed by atoms with E-state index in [1.54, 1.807) is 0 Å². The zero-order valence-electron chi connectivity index (χ0n) is 22.1. The van der Waals surface area contributed by atoms with E-state index < -0.39 is 0 Å². The molecule has 0 heterocycles. The third kappa shape index (κ3) is 53.9. The van der Waals surface area contributed by atoms with Crippen molar-refractivity contribution in [2.75, 3.05) is 0 Å². The molecule has 0 aromatic rings. The molecule has 0 saturated carbocycles. The van der Waals surface area contributed by atoms with Crippen LogP contribution in [-0.2, 0) is 111 Å². The Morgan fingerprint density at radius 3 is 0.676 bits per heavy atom. The topological polar surface area (TPSA) is 73.8 Å². The fourth-order valence-electron chi connectivity index (χ4n) is 0.758. The largest absolute Gasteiger partial charge is 4.00 e. The fourth-order valence-corrected chi connectivity index (χ4v) is 1.07. The second-order valence-electron chi connectivity index (χ2n) is 6.59. The molecule has 0 spiro atoms. The zero-order chi connectivity index (χ0) is 29.1. The van der Waals surface area contributed by atoms with Crippen molar-refractivity contribution in [3.8, 4) is 0 Å². The van der Waals surface area contributed by atoms with Gasteiger partial charge in [-0.15, -0.1) is 0 Å². The van der Waals surface area contributed by atoms with Gasteiger partial charge in [0, 0.05) is 0 Å². The van der Waals surface area contributed by atoms with Gasteiger partial charge in [-0.2, -0.15) is 19.6 Å². The molecule has 0 bridgehead atoms. The van der Waals surface area contributed by atoms with E-state index in [9.17, 15) is 0 Å². The second kappa shape index (κ2) is 35.0. The van der Waals surface area contributed by atoms with Gasteiger partial charge in [0.25, 0.3) is 0 Å². The third-order valence-electron chi connectivity index (χ3n) is 3.42. The van der Waals surface area contributed by atoms with Crippen LogP contribution in [0.4, 0.5) is 0 Å². The predicted molar refractivity (Wildman–Crippen MR) is 168 cm³/mol. The minimum atomic E-state index is 0. The summed E-state index contributed by atoms with van der Waals surface area (Å²) in [6.07, 6.45) is 3.79. The third-order valence-corrected chi connectivity index (χ3v) is 3.97. The van der Waals surface area contributed by atoms with Gasteiger partial charge < -0.3 is 119 Å². The molecule has 0 aliphatic carbocycles. The van der Waals surface area contributed by atoms with Crippen molar-refractivity contribution in [1.29, 1.82) is 0 Å². The summed E-state index contributed by atoms with van der Waals surface area (Å²) in [5.41, 5.74) is 0. The first-order valence-electron chi connectivity index (χ1n) is 10.8. The van der Waals surface area contributed by atoms with Gasteiger partial charge >= 0.3 is 21.1 Å². The molecule has 4 unspecified atom stereocenters. The second-order valence-corrected chi connectivity index (χ2v) is 10.6. The van der Waals surface area contributed by atoms with Gasteiger partial charge in [-0.25, -0.2) is 0 Å². The quantitative estimate of drug-likeness (QED) is 0.0740. The molecule has 0 aliphatic rings. The number of hydrogen-bond acceptors (Lipinski definition) is 16. The van der Waals surface area contributed by atoms with Crippen molar-refractivity contribution in [2.24, 2.45) is 0 Å². The molecule has 0 amide bonds. The molecule has 8 nitrogen and oxygen atoms in total. The van der Waals surface area contributed by atoms with Crippen molar-refractivity contribution in [1.82, 2.24) is 0 Å². The Hall–Kier alpha value is 0.968. The monoisotopic (exact) mass is 758 g/mol. The summed E-state index contributed by atoms with van der Waals surface area (Å²) in [6, 6.07) is 0. The Morgan fingerprint density at radius 1 is 0.459 bits per heavy atom. The first kappa shape index (κ1) is 47.7. The van der Waals surface area contributed by atoms with Crippen LogP contribution in [-0.4, -0.2) is 41.9 Å². The van der Waals surface area contributed by atoms with E-state index in [2.05, 4.69) is 119 Å². The van der Waals surface area contributed by atoms with Crippen LogP contribution in [0.2, 0.25) is 0 Å². The van der Waals surface area contributed by atoms with E-state index in [-0.39, 0.29) is 63.0 Å². The minimum absolute atomic E-state index is 0. The Labute approximate surface area is 280 Å². The Kier molecular flexibility index (Phi) is 45.2. The molecule has 37 heavy (non-hydrogen) atoms. The van der Waals surface area contributed by atoms with Crippen molar-refractivity contribution in [3.63, 3.8) is 0 Å². The van der Waals surface area contributed by atoms with Crippen LogP contribution < -0.4 is 0 Å². The van der Waals surface area contributed by atoms with Crippen LogP contribution >= 0.6 is 48.9 Å². The average Bonchev–Trinajstić information content (AvgIpc) is 2.83. The fraction of sp³-hybridized carbons (Fsp3) is 0.800. The summed E-state index contributed by atoms with van der Waals surface area (Å²) in [5, 5.41) is 0. The number of thiocarbonyl (C=S) groups is 4. The summed E-state index contributed by atoms with van der Waals surface area (Å²) in [5.74, 6) is 0. The van der Waals surface area contributed by atoms with Gasteiger partial charge in [0.2, 0.25) is 0 Å².